The van der Waals surface area contributed by atoms with Gasteiger partial charge in [0.05, 0.1) is 5.25 Å². The SMILES string of the molecule is CCn1c(SC(C)C(=O)NC(N)=O)nnc1-c1ccc(C(C)(C)C)cc1. The van der Waals surface area contributed by atoms with Crippen LogP contribution < -0.4 is 11.1 Å². The second-order valence-corrected chi connectivity index (χ2v) is 8.30. The molecule has 1 aromatic heterocycles. The van der Waals surface area contributed by atoms with E-state index in [-0.39, 0.29) is 5.41 Å². The lowest BCUT2D eigenvalue weighted by molar-refractivity contribution is -0.119. The predicted molar refractivity (Wildman–Crippen MR) is 103 cm³/mol. The van der Waals surface area contributed by atoms with Crippen molar-refractivity contribution >= 4 is 23.7 Å². The lowest BCUT2D eigenvalue weighted by Gasteiger charge is -2.19. The molecule has 26 heavy (non-hydrogen) atoms. The number of nitrogens with zero attached hydrogens (tertiary/aromatic N) is 3. The molecule has 0 radical (unpaired) electrons. The third kappa shape index (κ3) is 4.63. The number of rotatable bonds is 5. The molecule has 0 bridgehead atoms. The van der Waals surface area contributed by atoms with Gasteiger partial charge in [-0.05, 0) is 24.8 Å². The lowest BCUT2D eigenvalue weighted by atomic mass is 9.87. The molecule has 3 amide bonds. The molecule has 0 aliphatic rings. The first kappa shape index (κ1) is 20.0. The molecule has 0 saturated heterocycles. The fourth-order valence-electron chi connectivity index (χ4n) is 2.43. The summed E-state index contributed by atoms with van der Waals surface area (Å²) in [6.45, 7) is 10.9. The average molecular weight is 375 g/mol. The van der Waals surface area contributed by atoms with Crippen molar-refractivity contribution < 1.29 is 9.59 Å². The zero-order chi connectivity index (χ0) is 19.5. The van der Waals surface area contributed by atoms with Crippen LogP contribution in [0.15, 0.2) is 29.4 Å². The number of imide groups is 1. The minimum absolute atomic E-state index is 0.0845. The van der Waals surface area contributed by atoms with Gasteiger partial charge in [0, 0.05) is 12.1 Å². The summed E-state index contributed by atoms with van der Waals surface area (Å²) in [4.78, 5) is 22.7. The van der Waals surface area contributed by atoms with Crippen LogP contribution in [-0.2, 0) is 16.8 Å². The minimum Gasteiger partial charge on any atom is -0.351 e. The molecule has 0 aliphatic carbocycles. The number of benzene rings is 1. The predicted octanol–water partition coefficient (Wildman–Crippen LogP) is 2.94. The van der Waals surface area contributed by atoms with E-state index in [1.54, 1.807) is 6.92 Å². The summed E-state index contributed by atoms with van der Waals surface area (Å²) in [5.74, 6) is 0.294. The summed E-state index contributed by atoms with van der Waals surface area (Å²) in [5, 5.41) is 10.7. The fourth-order valence-corrected chi connectivity index (χ4v) is 3.34. The van der Waals surface area contributed by atoms with E-state index in [9.17, 15) is 9.59 Å². The number of primary amides is 1. The van der Waals surface area contributed by atoms with Gasteiger partial charge in [0.15, 0.2) is 11.0 Å². The van der Waals surface area contributed by atoms with Crippen LogP contribution in [-0.4, -0.2) is 32.0 Å². The van der Waals surface area contributed by atoms with Crippen molar-refractivity contribution in [2.45, 2.75) is 57.0 Å². The summed E-state index contributed by atoms with van der Waals surface area (Å²) in [6.07, 6.45) is 0. The molecule has 140 valence electrons. The monoisotopic (exact) mass is 375 g/mol. The van der Waals surface area contributed by atoms with Gasteiger partial charge in [-0.2, -0.15) is 0 Å². The fraction of sp³-hybridized carbons (Fsp3) is 0.444. The summed E-state index contributed by atoms with van der Waals surface area (Å²) < 4.78 is 1.95. The van der Waals surface area contributed by atoms with Gasteiger partial charge < -0.3 is 10.3 Å². The first-order valence-corrected chi connectivity index (χ1v) is 9.32. The van der Waals surface area contributed by atoms with Gasteiger partial charge >= 0.3 is 6.03 Å². The number of carbonyl (C=O) groups excluding carboxylic acids is 2. The molecule has 8 heteroatoms. The maximum Gasteiger partial charge on any atom is 0.318 e. The topological polar surface area (TPSA) is 103 Å². The molecule has 7 nitrogen and oxygen atoms in total. The van der Waals surface area contributed by atoms with Crippen LogP contribution in [0, 0.1) is 0 Å². The Morgan fingerprint density at radius 2 is 1.85 bits per heavy atom. The van der Waals surface area contributed by atoms with E-state index >= 15 is 0 Å². The second kappa shape index (κ2) is 7.90. The first-order valence-electron chi connectivity index (χ1n) is 8.44. The Morgan fingerprint density at radius 1 is 1.23 bits per heavy atom. The van der Waals surface area contributed by atoms with E-state index in [2.05, 4.69) is 48.4 Å². The molecule has 0 aliphatic heterocycles. The van der Waals surface area contributed by atoms with Crippen LogP contribution in [0.5, 0.6) is 0 Å². The molecular weight excluding hydrogens is 350 g/mol. The number of carbonyl (C=O) groups is 2. The molecule has 2 aromatic rings. The lowest BCUT2D eigenvalue weighted by Crippen LogP contribution is -2.39. The number of hydrogen-bond donors (Lipinski definition) is 2. The highest BCUT2D eigenvalue weighted by Gasteiger charge is 2.21. The summed E-state index contributed by atoms with van der Waals surface area (Å²) in [5.41, 5.74) is 7.29. The smallest absolute Gasteiger partial charge is 0.318 e. The van der Waals surface area contributed by atoms with E-state index in [0.717, 1.165) is 11.4 Å². The Morgan fingerprint density at radius 3 is 2.35 bits per heavy atom. The average Bonchev–Trinajstić information content (AvgIpc) is 2.96. The van der Waals surface area contributed by atoms with Crippen LogP contribution in [0.25, 0.3) is 11.4 Å². The van der Waals surface area contributed by atoms with Crippen LogP contribution in [0.3, 0.4) is 0 Å². The number of nitrogens with one attached hydrogen (secondary N) is 1. The molecule has 1 aromatic carbocycles. The molecule has 1 unspecified atom stereocenters. The van der Waals surface area contributed by atoms with Gasteiger partial charge in [-0.25, -0.2) is 4.79 Å². The molecule has 1 atom stereocenters. The van der Waals surface area contributed by atoms with Gasteiger partial charge in [0.2, 0.25) is 5.91 Å². The molecule has 2 rings (SSSR count). The Labute approximate surface area is 157 Å². The van der Waals surface area contributed by atoms with Crippen molar-refractivity contribution in [1.82, 2.24) is 20.1 Å². The van der Waals surface area contributed by atoms with Crippen molar-refractivity contribution in [3.63, 3.8) is 0 Å². The highest BCUT2D eigenvalue weighted by atomic mass is 32.2. The second-order valence-electron chi connectivity index (χ2n) is 6.99. The zero-order valence-electron chi connectivity index (χ0n) is 15.7. The van der Waals surface area contributed by atoms with Crippen molar-refractivity contribution in [3.05, 3.63) is 29.8 Å². The van der Waals surface area contributed by atoms with Crippen LogP contribution >= 0.6 is 11.8 Å². The zero-order valence-corrected chi connectivity index (χ0v) is 16.6. The maximum absolute atomic E-state index is 11.9. The summed E-state index contributed by atoms with van der Waals surface area (Å²) in [6, 6.07) is 7.40. The number of aromatic nitrogens is 3. The number of thioether (sulfide) groups is 1. The number of amides is 3. The normalized spacial score (nSPS) is 12.7. The van der Waals surface area contributed by atoms with E-state index in [4.69, 9.17) is 5.73 Å². The molecule has 1 heterocycles. The number of nitrogens with two attached hydrogens (primary N) is 1. The summed E-state index contributed by atoms with van der Waals surface area (Å²) in [7, 11) is 0. The molecular formula is C18H25N5O2S. The summed E-state index contributed by atoms with van der Waals surface area (Å²) >= 11 is 1.24. The van der Waals surface area contributed by atoms with Crippen molar-refractivity contribution in [1.29, 1.82) is 0 Å². The molecule has 3 N–H and O–H groups in total. The first-order chi connectivity index (χ1) is 12.1. The van der Waals surface area contributed by atoms with Crippen LogP contribution in [0.1, 0.15) is 40.2 Å². The van der Waals surface area contributed by atoms with Crippen LogP contribution in [0.4, 0.5) is 4.79 Å². The largest absolute Gasteiger partial charge is 0.351 e. The van der Waals surface area contributed by atoms with E-state index < -0.39 is 17.2 Å². The third-order valence-electron chi connectivity index (χ3n) is 3.94. The Kier molecular flexibility index (Phi) is 6.07. The number of urea groups is 1. The van der Waals surface area contributed by atoms with Gasteiger partial charge in [-0.1, -0.05) is 56.8 Å². The van der Waals surface area contributed by atoms with Gasteiger partial charge in [-0.15, -0.1) is 10.2 Å². The quantitative estimate of drug-likeness (QED) is 0.782. The van der Waals surface area contributed by atoms with Crippen molar-refractivity contribution in [2.75, 3.05) is 0 Å². The Balaban J connectivity index is 2.25. The Hall–Kier alpha value is -2.35. The van der Waals surface area contributed by atoms with Gasteiger partial charge in [0.1, 0.15) is 0 Å². The molecule has 0 fully saturated rings. The maximum atomic E-state index is 11.9. The standard InChI is InChI=1S/C18H25N5O2S/c1-6-23-14(12-7-9-13(10-8-12)18(3,4)5)21-22-17(23)26-11(2)15(24)20-16(19)25/h7-11H,6H2,1-5H3,(H3,19,20,24,25). The van der Waals surface area contributed by atoms with E-state index in [1.807, 2.05) is 23.6 Å². The Bertz CT molecular complexity index is 793. The minimum atomic E-state index is -0.862. The van der Waals surface area contributed by atoms with Gasteiger partial charge in [-0.3, -0.25) is 10.1 Å². The van der Waals surface area contributed by atoms with Crippen molar-refractivity contribution in [3.8, 4) is 11.4 Å². The number of hydrogen-bond acceptors (Lipinski definition) is 5. The molecule has 0 saturated carbocycles. The van der Waals surface area contributed by atoms with E-state index in [0.29, 0.717) is 11.7 Å². The van der Waals surface area contributed by atoms with Crippen LogP contribution in [0.2, 0.25) is 0 Å². The van der Waals surface area contributed by atoms with Gasteiger partial charge in [0.25, 0.3) is 0 Å². The highest BCUT2D eigenvalue weighted by Crippen LogP contribution is 2.29. The van der Waals surface area contributed by atoms with Crippen molar-refractivity contribution in [2.24, 2.45) is 5.73 Å². The third-order valence-corrected chi connectivity index (χ3v) is 5.02. The molecule has 0 spiro atoms. The van der Waals surface area contributed by atoms with E-state index in [1.165, 1.54) is 17.3 Å². The highest BCUT2D eigenvalue weighted by molar-refractivity contribution is 8.00.